The molecule has 0 spiro atoms. The molecule has 4 nitrogen and oxygen atoms in total. The molecule has 5 heteroatoms. The zero-order valence-corrected chi connectivity index (χ0v) is 14.6. The van der Waals surface area contributed by atoms with Crippen LogP contribution in [0.2, 0.25) is 0 Å². The van der Waals surface area contributed by atoms with Crippen LogP contribution in [0.3, 0.4) is 0 Å². The van der Waals surface area contributed by atoms with Gasteiger partial charge in [-0.3, -0.25) is 4.90 Å². The van der Waals surface area contributed by atoms with Gasteiger partial charge in [-0.2, -0.15) is 0 Å². The number of ether oxygens (including phenoxy) is 2. The van der Waals surface area contributed by atoms with E-state index in [1.807, 2.05) is 0 Å². The van der Waals surface area contributed by atoms with E-state index in [0.717, 1.165) is 44.3 Å². The van der Waals surface area contributed by atoms with Crippen molar-refractivity contribution in [3.63, 3.8) is 0 Å². The Kier molecular flexibility index (Phi) is 6.46. The standard InChI is InChI=1S/C19H29FN2O2/c1-23-12-10-22-14-16-3-6-18(22)15-21(13-16)9-2-11-24-19-7-4-17(20)5-8-19/h4-5,7-8,16,18H,2-3,6,9-15H2,1H3/t16-,18+/m1/s1. The van der Waals surface area contributed by atoms with Crippen LogP contribution in [-0.2, 0) is 4.74 Å². The monoisotopic (exact) mass is 336 g/mol. The Bertz CT molecular complexity index is 497. The first-order valence-corrected chi connectivity index (χ1v) is 9.08. The van der Waals surface area contributed by atoms with E-state index in [1.54, 1.807) is 19.2 Å². The van der Waals surface area contributed by atoms with E-state index in [4.69, 9.17) is 9.47 Å². The lowest BCUT2D eigenvalue weighted by molar-refractivity contribution is 0.0868. The lowest BCUT2D eigenvalue weighted by Gasteiger charge is -2.35. The molecule has 0 saturated carbocycles. The van der Waals surface area contributed by atoms with Crippen LogP contribution in [0.15, 0.2) is 24.3 Å². The van der Waals surface area contributed by atoms with Crippen LogP contribution in [0.1, 0.15) is 19.3 Å². The van der Waals surface area contributed by atoms with Crippen LogP contribution in [-0.4, -0.2) is 68.9 Å². The highest BCUT2D eigenvalue weighted by Crippen LogP contribution is 2.27. The summed E-state index contributed by atoms with van der Waals surface area (Å²) in [5.41, 5.74) is 0. The van der Waals surface area contributed by atoms with Gasteiger partial charge in [-0.1, -0.05) is 0 Å². The fourth-order valence-corrected chi connectivity index (χ4v) is 3.95. The molecule has 0 aromatic heterocycles. The molecule has 0 amide bonds. The zero-order chi connectivity index (χ0) is 16.8. The van der Waals surface area contributed by atoms with Crippen molar-refractivity contribution in [3.05, 3.63) is 30.1 Å². The highest BCUT2D eigenvalue weighted by Gasteiger charge is 2.34. The maximum atomic E-state index is 12.9. The van der Waals surface area contributed by atoms with E-state index in [0.29, 0.717) is 12.6 Å². The minimum atomic E-state index is -0.222. The number of rotatable bonds is 8. The lowest BCUT2D eigenvalue weighted by Crippen LogP contribution is -2.45. The third-order valence-corrected chi connectivity index (χ3v) is 5.19. The molecular formula is C19H29FN2O2. The van der Waals surface area contributed by atoms with E-state index < -0.39 is 0 Å². The van der Waals surface area contributed by atoms with E-state index in [9.17, 15) is 4.39 Å². The van der Waals surface area contributed by atoms with Crippen LogP contribution in [0, 0.1) is 11.7 Å². The number of benzene rings is 1. The van der Waals surface area contributed by atoms with Crippen molar-refractivity contribution in [3.8, 4) is 5.75 Å². The number of hydrogen-bond acceptors (Lipinski definition) is 4. The van der Waals surface area contributed by atoms with E-state index in [1.165, 1.54) is 38.1 Å². The Balaban J connectivity index is 1.40. The third-order valence-electron chi connectivity index (χ3n) is 5.19. The van der Waals surface area contributed by atoms with Gasteiger partial charge in [-0.25, -0.2) is 4.39 Å². The molecule has 2 atom stereocenters. The fourth-order valence-electron chi connectivity index (χ4n) is 3.95. The third kappa shape index (κ3) is 4.91. The maximum absolute atomic E-state index is 12.9. The molecule has 3 saturated heterocycles. The summed E-state index contributed by atoms with van der Waals surface area (Å²) in [5, 5.41) is 0. The summed E-state index contributed by atoms with van der Waals surface area (Å²) in [6.07, 6.45) is 3.68. The Morgan fingerprint density at radius 3 is 2.67 bits per heavy atom. The molecule has 134 valence electrons. The Hall–Kier alpha value is -1.17. The van der Waals surface area contributed by atoms with Crippen LogP contribution in [0.5, 0.6) is 5.75 Å². The number of fused-ring (bicyclic) bond motifs is 4. The number of methoxy groups -OCH3 is 1. The fraction of sp³-hybridized carbons (Fsp3) is 0.684. The lowest BCUT2D eigenvalue weighted by atomic mass is 9.95. The quantitative estimate of drug-likeness (QED) is 0.682. The maximum Gasteiger partial charge on any atom is 0.123 e. The molecule has 3 fully saturated rings. The van der Waals surface area contributed by atoms with Crippen molar-refractivity contribution in [2.24, 2.45) is 5.92 Å². The predicted octanol–water partition coefficient (Wildman–Crippen LogP) is 2.64. The number of halogens is 1. The molecule has 3 aliphatic heterocycles. The molecule has 3 aliphatic rings. The Morgan fingerprint density at radius 1 is 1.04 bits per heavy atom. The number of piperidine rings is 1. The summed E-state index contributed by atoms with van der Waals surface area (Å²) in [7, 11) is 1.78. The van der Waals surface area contributed by atoms with Gasteiger partial charge in [0, 0.05) is 45.9 Å². The smallest absolute Gasteiger partial charge is 0.123 e. The molecule has 0 radical (unpaired) electrons. The van der Waals surface area contributed by atoms with E-state index >= 15 is 0 Å². The molecule has 0 aliphatic carbocycles. The van der Waals surface area contributed by atoms with E-state index in [-0.39, 0.29) is 5.82 Å². The Labute approximate surface area is 144 Å². The molecule has 1 aromatic carbocycles. The van der Waals surface area contributed by atoms with Gasteiger partial charge in [-0.05, 0) is 49.4 Å². The summed E-state index contributed by atoms with van der Waals surface area (Å²) in [6, 6.07) is 6.94. The first kappa shape index (κ1) is 17.6. The topological polar surface area (TPSA) is 24.9 Å². The van der Waals surface area contributed by atoms with Gasteiger partial charge >= 0.3 is 0 Å². The highest BCUT2D eigenvalue weighted by atomic mass is 19.1. The van der Waals surface area contributed by atoms with Crippen LogP contribution in [0.4, 0.5) is 4.39 Å². The second-order valence-corrected chi connectivity index (χ2v) is 7.00. The minimum absolute atomic E-state index is 0.222. The molecule has 1 aromatic rings. The molecule has 3 heterocycles. The van der Waals surface area contributed by atoms with Gasteiger partial charge in [0.15, 0.2) is 0 Å². The summed E-state index contributed by atoms with van der Waals surface area (Å²) < 4.78 is 23.8. The van der Waals surface area contributed by atoms with Crippen molar-refractivity contribution in [1.29, 1.82) is 0 Å². The minimum Gasteiger partial charge on any atom is -0.494 e. The van der Waals surface area contributed by atoms with Crippen molar-refractivity contribution in [1.82, 2.24) is 9.80 Å². The molecule has 2 bridgehead atoms. The van der Waals surface area contributed by atoms with Gasteiger partial charge in [0.05, 0.1) is 13.2 Å². The normalized spacial score (nSPS) is 24.9. The molecule has 4 rings (SSSR count). The molecular weight excluding hydrogens is 307 g/mol. The van der Waals surface area contributed by atoms with Gasteiger partial charge in [-0.15, -0.1) is 0 Å². The average Bonchev–Trinajstić information content (AvgIpc) is 2.89. The number of hydrogen-bond donors (Lipinski definition) is 0. The van der Waals surface area contributed by atoms with E-state index in [2.05, 4.69) is 9.80 Å². The van der Waals surface area contributed by atoms with Crippen LogP contribution >= 0.6 is 0 Å². The molecule has 0 N–H and O–H groups in total. The average molecular weight is 336 g/mol. The van der Waals surface area contributed by atoms with Gasteiger partial charge < -0.3 is 14.4 Å². The molecule has 24 heavy (non-hydrogen) atoms. The second-order valence-electron chi connectivity index (χ2n) is 7.00. The summed E-state index contributed by atoms with van der Waals surface area (Å²) >= 11 is 0. The van der Waals surface area contributed by atoms with Gasteiger partial charge in [0.25, 0.3) is 0 Å². The van der Waals surface area contributed by atoms with Crippen LogP contribution in [0.25, 0.3) is 0 Å². The van der Waals surface area contributed by atoms with Crippen molar-refractivity contribution in [2.75, 3.05) is 53.0 Å². The SMILES string of the molecule is COCCN1C[C@@H]2CC[C@H]1CN(CCCOc1ccc(F)cc1)C2. The van der Waals surface area contributed by atoms with Gasteiger partial charge in [0.1, 0.15) is 11.6 Å². The summed E-state index contributed by atoms with van der Waals surface area (Å²) in [6.45, 7) is 7.23. The van der Waals surface area contributed by atoms with Crippen LogP contribution < -0.4 is 4.74 Å². The summed E-state index contributed by atoms with van der Waals surface area (Å²) in [5.74, 6) is 1.32. The Morgan fingerprint density at radius 2 is 1.88 bits per heavy atom. The largest absolute Gasteiger partial charge is 0.494 e. The van der Waals surface area contributed by atoms with Crippen molar-refractivity contribution in [2.45, 2.75) is 25.3 Å². The van der Waals surface area contributed by atoms with Gasteiger partial charge in [0.2, 0.25) is 0 Å². The first-order valence-electron chi connectivity index (χ1n) is 9.08. The summed E-state index contributed by atoms with van der Waals surface area (Å²) in [4.78, 5) is 5.22. The molecule has 0 unspecified atom stereocenters. The second kappa shape index (κ2) is 8.79. The van der Waals surface area contributed by atoms with Crippen molar-refractivity contribution < 1.29 is 13.9 Å². The number of nitrogens with zero attached hydrogens (tertiary/aromatic N) is 2. The predicted molar refractivity (Wildman–Crippen MR) is 92.9 cm³/mol. The highest BCUT2D eigenvalue weighted by molar-refractivity contribution is 5.21. The zero-order valence-electron chi connectivity index (χ0n) is 14.6. The van der Waals surface area contributed by atoms with Crippen molar-refractivity contribution >= 4 is 0 Å². The first-order chi connectivity index (χ1) is 11.7.